The molecule has 0 radical (unpaired) electrons. The minimum Gasteiger partial charge on any atom is -0.495 e. The molecule has 0 spiro atoms. The quantitative estimate of drug-likeness (QED) is 0.614. The van der Waals surface area contributed by atoms with Gasteiger partial charge in [-0.25, -0.2) is 0 Å². The van der Waals surface area contributed by atoms with E-state index in [2.05, 4.69) is 5.32 Å². The van der Waals surface area contributed by atoms with Crippen LogP contribution in [0.2, 0.25) is 0 Å². The topological polar surface area (TPSA) is 64.3 Å². The van der Waals surface area contributed by atoms with Crippen LogP contribution < -0.4 is 15.8 Å². The average molecular weight is 234 g/mol. The van der Waals surface area contributed by atoms with Crippen molar-refractivity contribution in [1.82, 2.24) is 5.32 Å². The van der Waals surface area contributed by atoms with Crippen molar-refractivity contribution < 1.29 is 9.53 Å². The van der Waals surface area contributed by atoms with E-state index in [9.17, 15) is 4.79 Å². The van der Waals surface area contributed by atoms with Crippen LogP contribution in [-0.4, -0.2) is 26.0 Å². The first-order valence-corrected chi connectivity index (χ1v) is 5.91. The molecule has 4 nitrogen and oxygen atoms in total. The van der Waals surface area contributed by atoms with Crippen LogP contribution in [0.3, 0.4) is 0 Å². The Labute approximate surface area is 101 Å². The Balaban J connectivity index is 2.23. The second-order valence-electron chi connectivity index (χ2n) is 4.33. The largest absolute Gasteiger partial charge is 0.495 e. The number of methoxy groups -OCH3 is 1. The molecule has 0 saturated carbocycles. The van der Waals surface area contributed by atoms with Crippen molar-refractivity contribution in [1.29, 1.82) is 0 Å². The van der Waals surface area contributed by atoms with Gasteiger partial charge >= 0.3 is 0 Å². The van der Waals surface area contributed by atoms with E-state index >= 15 is 0 Å². The third-order valence-corrected chi connectivity index (χ3v) is 3.22. The molecule has 1 aromatic carbocycles. The number of benzene rings is 1. The smallest absolute Gasteiger partial charge is 0.169 e. The predicted molar refractivity (Wildman–Crippen MR) is 67.3 cm³/mol. The van der Waals surface area contributed by atoms with Crippen molar-refractivity contribution in [2.45, 2.75) is 12.8 Å². The molecule has 0 bridgehead atoms. The van der Waals surface area contributed by atoms with Crippen LogP contribution in [-0.2, 0) is 0 Å². The average Bonchev–Trinajstić information content (AvgIpc) is 2.39. The van der Waals surface area contributed by atoms with Gasteiger partial charge in [-0.15, -0.1) is 0 Å². The lowest BCUT2D eigenvalue weighted by Gasteiger charge is -2.22. The zero-order valence-electron chi connectivity index (χ0n) is 10.0. The maximum absolute atomic E-state index is 12.3. The molecule has 1 aromatic rings. The van der Waals surface area contributed by atoms with E-state index in [4.69, 9.17) is 10.5 Å². The van der Waals surface area contributed by atoms with Gasteiger partial charge in [0.2, 0.25) is 0 Å². The number of nitrogens with two attached hydrogens (primary N) is 1. The lowest BCUT2D eigenvalue weighted by molar-refractivity contribution is 0.0900. The summed E-state index contributed by atoms with van der Waals surface area (Å²) in [5.41, 5.74) is 6.97. The molecule has 0 aromatic heterocycles. The van der Waals surface area contributed by atoms with Gasteiger partial charge < -0.3 is 15.8 Å². The van der Waals surface area contributed by atoms with Gasteiger partial charge in [-0.1, -0.05) is 6.07 Å². The normalized spacial score (nSPS) is 19.9. The highest BCUT2D eigenvalue weighted by molar-refractivity contribution is 6.03. The first-order chi connectivity index (χ1) is 8.24. The van der Waals surface area contributed by atoms with Crippen molar-refractivity contribution in [2.24, 2.45) is 5.92 Å². The van der Waals surface area contributed by atoms with Gasteiger partial charge in [0.15, 0.2) is 5.78 Å². The predicted octanol–water partition coefficient (Wildman–Crippen LogP) is 1.46. The van der Waals surface area contributed by atoms with Crippen LogP contribution in [0.1, 0.15) is 23.2 Å². The van der Waals surface area contributed by atoms with Gasteiger partial charge in [-0.05, 0) is 31.5 Å². The van der Waals surface area contributed by atoms with Crippen LogP contribution in [0.25, 0.3) is 0 Å². The Morgan fingerprint density at radius 3 is 3.00 bits per heavy atom. The molecule has 1 unspecified atom stereocenters. The number of carbonyl (C=O) groups is 1. The first kappa shape index (κ1) is 11.9. The third-order valence-electron chi connectivity index (χ3n) is 3.22. The van der Waals surface area contributed by atoms with Crippen molar-refractivity contribution in [3.63, 3.8) is 0 Å². The highest BCUT2D eigenvalue weighted by Crippen LogP contribution is 2.28. The number of ether oxygens (including phenoxy) is 1. The summed E-state index contributed by atoms with van der Waals surface area (Å²) >= 11 is 0. The number of hydrogen-bond donors (Lipinski definition) is 2. The van der Waals surface area contributed by atoms with E-state index in [0.717, 1.165) is 25.9 Å². The molecule has 1 atom stereocenters. The lowest BCUT2D eigenvalue weighted by atomic mass is 9.90. The van der Waals surface area contributed by atoms with Gasteiger partial charge in [-0.3, -0.25) is 4.79 Å². The fraction of sp³-hybridized carbons (Fsp3) is 0.462. The molecular formula is C13H18N2O2. The number of ketones is 1. The number of nitrogens with one attached hydrogen (secondary N) is 1. The Morgan fingerprint density at radius 1 is 1.53 bits per heavy atom. The van der Waals surface area contributed by atoms with Gasteiger partial charge in [0, 0.05) is 18.0 Å². The minimum atomic E-state index is 0.0400. The number of para-hydroxylation sites is 1. The monoisotopic (exact) mass is 234 g/mol. The molecule has 1 aliphatic heterocycles. The maximum Gasteiger partial charge on any atom is 0.169 e. The Hall–Kier alpha value is -1.55. The zero-order valence-corrected chi connectivity index (χ0v) is 10.0. The van der Waals surface area contributed by atoms with Crippen LogP contribution >= 0.6 is 0 Å². The lowest BCUT2D eigenvalue weighted by Crippen LogP contribution is -2.34. The molecule has 2 rings (SSSR count). The summed E-state index contributed by atoms with van der Waals surface area (Å²) in [6, 6.07) is 5.35. The Bertz CT molecular complexity index is 412. The van der Waals surface area contributed by atoms with Gasteiger partial charge in [0.1, 0.15) is 5.75 Å². The van der Waals surface area contributed by atoms with E-state index < -0.39 is 0 Å². The van der Waals surface area contributed by atoms with Crippen LogP contribution in [0, 0.1) is 5.92 Å². The molecule has 0 amide bonds. The summed E-state index contributed by atoms with van der Waals surface area (Å²) in [6.45, 7) is 1.74. The first-order valence-electron chi connectivity index (χ1n) is 5.91. The summed E-state index contributed by atoms with van der Waals surface area (Å²) < 4.78 is 5.13. The van der Waals surface area contributed by atoms with Crippen LogP contribution in [0.15, 0.2) is 18.2 Å². The van der Waals surface area contributed by atoms with Gasteiger partial charge in [0.05, 0.1) is 12.8 Å². The van der Waals surface area contributed by atoms with Gasteiger partial charge in [-0.2, -0.15) is 0 Å². The fourth-order valence-corrected chi connectivity index (χ4v) is 2.23. The Kier molecular flexibility index (Phi) is 3.64. The highest BCUT2D eigenvalue weighted by atomic mass is 16.5. The number of rotatable bonds is 3. The number of anilines is 1. The van der Waals surface area contributed by atoms with Crippen molar-refractivity contribution in [2.75, 3.05) is 25.9 Å². The summed E-state index contributed by atoms with van der Waals surface area (Å²) in [5, 5.41) is 3.24. The van der Waals surface area contributed by atoms with Crippen LogP contribution in [0.5, 0.6) is 5.75 Å². The minimum absolute atomic E-state index is 0.0400. The summed E-state index contributed by atoms with van der Waals surface area (Å²) in [7, 11) is 1.56. The standard InChI is InChI=1S/C13H18N2O2/c1-17-11-6-2-5-10(12(11)14)13(16)9-4-3-7-15-8-9/h2,5-6,9,15H,3-4,7-8,14H2,1H3. The summed E-state index contributed by atoms with van der Waals surface area (Å²) in [4.78, 5) is 12.3. The number of piperidine rings is 1. The van der Waals surface area contributed by atoms with E-state index in [1.807, 2.05) is 0 Å². The summed E-state index contributed by atoms with van der Waals surface area (Å²) in [5.74, 6) is 0.728. The van der Waals surface area contributed by atoms with E-state index in [-0.39, 0.29) is 11.7 Å². The molecule has 1 heterocycles. The van der Waals surface area contributed by atoms with Crippen molar-refractivity contribution in [3.05, 3.63) is 23.8 Å². The van der Waals surface area contributed by atoms with Crippen molar-refractivity contribution in [3.8, 4) is 5.75 Å². The molecule has 92 valence electrons. The van der Waals surface area contributed by atoms with E-state index in [1.54, 1.807) is 25.3 Å². The molecule has 0 aliphatic carbocycles. The zero-order chi connectivity index (χ0) is 12.3. The number of nitrogen functional groups attached to an aromatic ring is 1. The molecule has 1 aliphatic rings. The molecular weight excluding hydrogens is 216 g/mol. The SMILES string of the molecule is COc1cccc(C(=O)C2CCCNC2)c1N. The van der Waals surface area contributed by atoms with E-state index in [1.165, 1.54) is 0 Å². The molecule has 17 heavy (non-hydrogen) atoms. The number of hydrogen-bond acceptors (Lipinski definition) is 4. The fourth-order valence-electron chi connectivity index (χ4n) is 2.23. The summed E-state index contributed by atoms with van der Waals surface area (Å²) in [6.07, 6.45) is 1.97. The molecule has 4 heteroatoms. The van der Waals surface area contributed by atoms with Gasteiger partial charge in [0.25, 0.3) is 0 Å². The highest BCUT2D eigenvalue weighted by Gasteiger charge is 2.24. The second-order valence-corrected chi connectivity index (χ2v) is 4.33. The van der Waals surface area contributed by atoms with E-state index in [0.29, 0.717) is 17.0 Å². The Morgan fingerprint density at radius 2 is 2.35 bits per heavy atom. The molecule has 1 saturated heterocycles. The maximum atomic E-state index is 12.3. The number of Topliss-reactive ketones (excluding diaryl/α,β-unsaturated/α-hetero) is 1. The van der Waals surface area contributed by atoms with Crippen LogP contribution in [0.4, 0.5) is 5.69 Å². The molecule has 1 fully saturated rings. The molecule has 3 N–H and O–H groups in total. The second kappa shape index (κ2) is 5.19. The van der Waals surface area contributed by atoms with Crippen molar-refractivity contribution >= 4 is 11.5 Å². The third kappa shape index (κ3) is 2.42. The number of carbonyl (C=O) groups excluding carboxylic acids is 1.